The Morgan fingerprint density at radius 1 is 1.02 bits per heavy atom. The molecule has 40 heavy (non-hydrogen) atoms. The molecule has 3 rings (SSSR count). The van der Waals surface area contributed by atoms with E-state index < -0.39 is 50.7 Å². The first kappa shape index (κ1) is 31.1. The van der Waals surface area contributed by atoms with Crippen molar-refractivity contribution in [2.24, 2.45) is 0 Å². The van der Waals surface area contributed by atoms with Gasteiger partial charge in [-0.1, -0.05) is 39.7 Å². The average Bonchev–Trinajstić information content (AvgIpc) is 3.20. The van der Waals surface area contributed by atoms with Crippen molar-refractivity contribution in [1.82, 2.24) is 4.90 Å². The molecule has 0 fully saturated rings. The molecule has 0 bridgehead atoms. The molecular formula is C29H37FN2O7S. The molecule has 0 radical (unpaired) electrons. The monoisotopic (exact) mass is 576 g/mol. The van der Waals surface area contributed by atoms with Crippen LogP contribution in [0.4, 0.5) is 10.1 Å². The van der Waals surface area contributed by atoms with Crippen molar-refractivity contribution in [2.75, 3.05) is 30.5 Å². The molecule has 0 spiro atoms. The molecule has 3 amide bonds. The Labute approximate surface area is 234 Å². The fourth-order valence-corrected chi connectivity index (χ4v) is 5.74. The molecule has 11 heteroatoms. The van der Waals surface area contributed by atoms with Crippen LogP contribution in [0.25, 0.3) is 0 Å². The second-order valence-corrected chi connectivity index (χ2v) is 11.9. The smallest absolute Gasteiger partial charge is 0.265 e. The Morgan fingerprint density at radius 2 is 1.73 bits per heavy atom. The summed E-state index contributed by atoms with van der Waals surface area (Å²) in [7, 11) is -2.28. The van der Waals surface area contributed by atoms with E-state index in [4.69, 9.17) is 9.47 Å². The summed E-state index contributed by atoms with van der Waals surface area (Å²) in [6.07, 6.45) is 2.81. The van der Waals surface area contributed by atoms with Crippen LogP contribution < -0.4 is 14.8 Å². The predicted molar refractivity (Wildman–Crippen MR) is 150 cm³/mol. The molecule has 0 saturated carbocycles. The number of carbonyl (C=O) groups is 3. The number of methoxy groups -OCH3 is 1. The Balaban J connectivity index is 2.21. The van der Waals surface area contributed by atoms with Gasteiger partial charge in [0.05, 0.1) is 42.3 Å². The number of rotatable bonds is 14. The molecule has 218 valence electrons. The zero-order chi connectivity index (χ0) is 29.6. The fraction of sp³-hybridized carbons (Fsp3) is 0.483. The molecule has 0 aromatic heterocycles. The van der Waals surface area contributed by atoms with E-state index >= 15 is 4.39 Å². The van der Waals surface area contributed by atoms with Gasteiger partial charge >= 0.3 is 0 Å². The zero-order valence-electron chi connectivity index (χ0n) is 23.6. The highest BCUT2D eigenvalue weighted by atomic mass is 32.2. The summed E-state index contributed by atoms with van der Waals surface area (Å²) in [6.45, 7) is 7.16. The van der Waals surface area contributed by atoms with Crippen LogP contribution >= 0.6 is 0 Å². The second-order valence-electron chi connectivity index (χ2n) is 9.54. The third-order valence-corrected chi connectivity index (χ3v) is 8.59. The summed E-state index contributed by atoms with van der Waals surface area (Å²) in [4.78, 5) is 40.8. The lowest BCUT2D eigenvalue weighted by Crippen LogP contribution is -2.38. The lowest BCUT2D eigenvalue weighted by Gasteiger charge is -2.27. The third-order valence-electron chi connectivity index (χ3n) is 6.89. The van der Waals surface area contributed by atoms with Crippen LogP contribution in [-0.4, -0.2) is 56.3 Å². The van der Waals surface area contributed by atoms with Gasteiger partial charge in [0, 0.05) is 12.2 Å². The van der Waals surface area contributed by atoms with E-state index in [-0.39, 0.29) is 35.6 Å². The number of aryl methyl sites for hydroxylation is 1. The highest BCUT2D eigenvalue weighted by Crippen LogP contribution is 2.40. The van der Waals surface area contributed by atoms with Crippen LogP contribution in [0.2, 0.25) is 0 Å². The van der Waals surface area contributed by atoms with Crippen LogP contribution in [0.1, 0.15) is 91.3 Å². The quantitative estimate of drug-likeness (QED) is 0.246. The molecule has 9 nitrogen and oxygen atoms in total. The van der Waals surface area contributed by atoms with E-state index in [1.165, 1.54) is 26.2 Å². The SMILES string of the molecule is CCCCCc1cc(NC(=O)CC)c2c(c1F)C(=O)N([C@H](CS(=O)(=O)CC)c1ccc(OC)c(OCC)c1)C2=O. The lowest BCUT2D eigenvalue weighted by atomic mass is 9.98. The highest BCUT2D eigenvalue weighted by Gasteiger charge is 2.46. The number of nitrogens with zero attached hydrogens (tertiary/aromatic N) is 1. The molecule has 0 saturated heterocycles. The minimum Gasteiger partial charge on any atom is -0.493 e. The van der Waals surface area contributed by atoms with E-state index in [0.29, 0.717) is 29.9 Å². The van der Waals surface area contributed by atoms with Crippen LogP contribution in [0.15, 0.2) is 24.3 Å². The molecule has 0 aliphatic carbocycles. The molecular weight excluding hydrogens is 539 g/mol. The molecule has 0 unspecified atom stereocenters. The number of halogens is 1. The molecule has 1 aliphatic rings. The van der Waals surface area contributed by atoms with Crippen molar-refractivity contribution in [3.8, 4) is 11.5 Å². The summed E-state index contributed by atoms with van der Waals surface area (Å²) in [5.74, 6) is -3.18. The number of imide groups is 1. The molecule has 2 aromatic carbocycles. The van der Waals surface area contributed by atoms with Gasteiger partial charge in [-0.2, -0.15) is 0 Å². The predicted octanol–water partition coefficient (Wildman–Crippen LogP) is 5.09. The number of carbonyl (C=O) groups excluding carboxylic acids is 3. The van der Waals surface area contributed by atoms with Crippen molar-refractivity contribution in [1.29, 1.82) is 0 Å². The van der Waals surface area contributed by atoms with Crippen molar-refractivity contribution in [3.05, 3.63) is 52.3 Å². The maximum Gasteiger partial charge on any atom is 0.265 e. The Bertz CT molecular complexity index is 1390. The zero-order valence-corrected chi connectivity index (χ0v) is 24.5. The number of sulfone groups is 1. The number of anilines is 1. The van der Waals surface area contributed by atoms with Crippen molar-refractivity contribution >= 4 is 33.2 Å². The minimum absolute atomic E-state index is 0.0393. The van der Waals surface area contributed by atoms with Gasteiger partial charge in [0.1, 0.15) is 5.82 Å². The number of hydrogen-bond acceptors (Lipinski definition) is 7. The number of unbranched alkanes of at least 4 members (excludes halogenated alkanes) is 2. The minimum atomic E-state index is -3.73. The number of benzene rings is 2. The van der Waals surface area contributed by atoms with E-state index in [0.717, 1.165) is 17.7 Å². The number of hydrogen-bond donors (Lipinski definition) is 1. The van der Waals surface area contributed by atoms with E-state index in [9.17, 15) is 22.8 Å². The van der Waals surface area contributed by atoms with Crippen molar-refractivity contribution in [3.63, 3.8) is 0 Å². The number of ether oxygens (including phenoxy) is 2. The molecule has 1 N–H and O–H groups in total. The Morgan fingerprint density at radius 3 is 2.33 bits per heavy atom. The van der Waals surface area contributed by atoms with Crippen LogP contribution in [-0.2, 0) is 21.1 Å². The normalized spacial score (nSPS) is 13.8. The van der Waals surface area contributed by atoms with Gasteiger partial charge in [-0.15, -0.1) is 0 Å². The molecule has 1 atom stereocenters. The summed E-state index contributed by atoms with van der Waals surface area (Å²) in [5, 5.41) is 2.64. The van der Waals surface area contributed by atoms with Crippen molar-refractivity contribution in [2.45, 2.75) is 65.8 Å². The van der Waals surface area contributed by atoms with E-state index in [2.05, 4.69) is 5.32 Å². The van der Waals surface area contributed by atoms with Gasteiger partial charge in [0.25, 0.3) is 11.8 Å². The molecule has 1 heterocycles. The van der Waals surface area contributed by atoms with Gasteiger partial charge in [-0.3, -0.25) is 19.3 Å². The third kappa shape index (κ3) is 6.46. The second kappa shape index (κ2) is 13.3. The first-order valence-electron chi connectivity index (χ1n) is 13.6. The molecule has 1 aliphatic heterocycles. The molecule has 2 aromatic rings. The summed E-state index contributed by atoms with van der Waals surface area (Å²) in [5.41, 5.74) is -0.179. The summed E-state index contributed by atoms with van der Waals surface area (Å²) < 4.78 is 52.5. The van der Waals surface area contributed by atoms with E-state index in [1.807, 2.05) is 6.92 Å². The number of nitrogens with one attached hydrogen (secondary N) is 1. The van der Waals surface area contributed by atoms with Gasteiger partial charge in [-0.05, 0) is 49.1 Å². The summed E-state index contributed by atoms with van der Waals surface area (Å²) >= 11 is 0. The average molecular weight is 577 g/mol. The number of amides is 3. The standard InChI is InChI=1S/C29H37FN2O7S/c1-6-10-11-12-19-15-20(31-24(33)7-2)25-26(27(19)30)29(35)32(28(25)34)21(17-40(36,37)9-4)18-13-14-22(38-5)23(16-18)39-8-3/h13-16,21H,6-12,17H2,1-5H3,(H,31,33)/t21-/m1/s1. The maximum atomic E-state index is 15.9. The summed E-state index contributed by atoms with van der Waals surface area (Å²) in [6, 6.07) is 4.76. The Kier molecular flexibility index (Phi) is 10.3. The lowest BCUT2D eigenvalue weighted by molar-refractivity contribution is -0.115. The van der Waals surface area contributed by atoms with Gasteiger partial charge in [0.2, 0.25) is 5.91 Å². The Hall–Kier alpha value is -3.47. The highest BCUT2D eigenvalue weighted by molar-refractivity contribution is 7.91. The van der Waals surface area contributed by atoms with Gasteiger partial charge in [-0.25, -0.2) is 12.8 Å². The van der Waals surface area contributed by atoms with Crippen LogP contribution in [0.5, 0.6) is 11.5 Å². The van der Waals surface area contributed by atoms with Crippen LogP contribution in [0, 0.1) is 5.82 Å². The maximum absolute atomic E-state index is 15.9. The topological polar surface area (TPSA) is 119 Å². The van der Waals surface area contributed by atoms with E-state index in [1.54, 1.807) is 26.0 Å². The van der Waals surface area contributed by atoms with Crippen LogP contribution in [0.3, 0.4) is 0 Å². The fourth-order valence-electron chi connectivity index (χ4n) is 4.69. The first-order chi connectivity index (χ1) is 19.0. The first-order valence-corrected chi connectivity index (χ1v) is 15.4. The number of fused-ring (bicyclic) bond motifs is 1. The van der Waals surface area contributed by atoms with Gasteiger partial charge < -0.3 is 14.8 Å². The largest absolute Gasteiger partial charge is 0.493 e. The van der Waals surface area contributed by atoms with Crippen molar-refractivity contribution < 1.29 is 36.7 Å². The van der Waals surface area contributed by atoms with Gasteiger partial charge in [0.15, 0.2) is 21.3 Å².